The average Bonchev–Trinajstić information content (AvgIpc) is 2.84. The molecule has 0 atom stereocenters. The first-order chi connectivity index (χ1) is 14.6. The molecule has 2 heteroatoms. The third-order valence-corrected chi connectivity index (χ3v) is 12.7. The third kappa shape index (κ3) is 4.85. The Bertz CT molecular complexity index is 902. The zero-order valence-electron chi connectivity index (χ0n) is 17.6. The maximum atomic E-state index is 4.05. The Morgan fingerprint density at radius 1 is 0.400 bits per heavy atom. The van der Waals surface area contributed by atoms with Crippen molar-refractivity contribution < 1.29 is 0 Å². The van der Waals surface area contributed by atoms with Crippen LogP contribution in [0.4, 0.5) is 0 Å². The first-order valence-electron chi connectivity index (χ1n) is 9.97. The molecule has 0 aliphatic heterocycles. The number of benzene rings is 3. The first-order valence-corrected chi connectivity index (χ1v) is 14.4. The van der Waals surface area contributed by atoms with E-state index in [1.807, 2.05) is 47.4 Å². The van der Waals surface area contributed by atoms with Gasteiger partial charge in [-0.2, -0.15) is 0 Å². The fraction of sp³-hybridized carbons (Fsp3) is 0. The Hall–Kier alpha value is -3.21. The molecular formula is C28H30Si2. The lowest BCUT2D eigenvalue weighted by Crippen LogP contribution is -2.55. The van der Waals surface area contributed by atoms with Crippen molar-refractivity contribution in [1.29, 1.82) is 0 Å². The van der Waals surface area contributed by atoms with Gasteiger partial charge >= 0.3 is 0 Å². The van der Waals surface area contributed by atoms with Crippen molar-refractivity contribution in [3.05, 3.63) is 152 Å². The van der Waals surface area contributed by atoms with E-state index < -0.39 is 16.1 Å². The second-order valence-corrected chi connectivity index (χ2v) is 14.3. The van der Waals surface area contributed by atoms with E-state index in [4.69, 9.17) is 0 Å². The maximum absolute atomic E-state index is 4.05. The molecule has 3 aromatic rings. The van der Waals surface area contributed by atoms with Crippen LogP contribution in [0.2, 0.25) is 0 Å². The van der Waals surface area contributed by atoms with Gasteiger partial charge in [0.1, 0.15) is 0 Å². The SMILES string of the molecule is C=C[Si](C=C)(C=C)c1ccccc1.C=C[Si](C=C)(c1ccccc1)c1ccccc1. The first kappa shape index (κ1) is 23.1. The van der Waals surface area contributed by atoms with Crippen LogP contribution in [0.5, 0.6) is 0 Å². The van der Waals surface area contributed by atoms with Crippen LogP contribution in [0.3, 0.4) is 0 Å². The quantitative estimate of drug-likeness (QED) is 0.437. The molecule has 150 valence electrons. The van der Waals surface area contributed by atoms with E-state index in [2.05, 4.69) is 105 Å². The summed E-state index contributed by atoms with van der Waals surface area (Å²) >= 11 is 0. The lowest BCUT2D eigenvalue weighted by atomic mass is 10.4. The summed E-state index contributed by atoms with van der Waals surface area (Å²) in [6.07, 6.45) is 0. The van der Waals surface area contributed by atoms with Crippen molar-refractivity contribution in [2.24, 2.45) is 0 Å². The number of hydrogen-bond acceptors (Lipinski definition) is 0. The fourth-order valence-electron chi connectivity index (χ4n) is 3.48. The monoisotopic (exact) mass is 422 g/mol. The van der Waals surface area contributed by atoms with Gasteiger partial charge in [-0.25, -0.2) is 0 Å². The van der Waals surface area contributed by atoms with Crippen LogP contribution in [-0.4, -0.2) is 16.1 Å². The van der Waals surface area contributed by atoms with E-state index >= 15 is 0 Å². The second kappa shape index (κ2) is 11.1. The molecule has 0 saturated carbocycles. The van der Waals surface area contributed by atoms with Crippen LogP contribution in [0, 0.1) is 0 Å². The second-order valence-electron chi connectivity index (χ2n) is 6.92. The predicted octanol–water partition coefficient (Wildman–Crippen LogP) is 5.22. The summed E-state index contributed by atoms with van der Waals surface area (Å²) in [6.45, 7) is 19.7. The molecule has 0 unspecified atom stereocenters. The van der Waals surface area contributed by atoms with E-state index in [-0.39, 0.29) is 0 Å². The summed E-state index contributed by atoms with van der Waals surface area (Å²) in [5.41, 5.74) is 10.1. The van der Waals surface area contributed by atoms with Gasteiger partial charge in [-0.15, -0.1) is 32.9 Å². The molecule has 0 radical (unpaired) electrons. The minimum Gasteiger partial charge on any atom is -0.106 e. The van der Waals surface area contributed by atoms with Crippen molar-refractivity contribution in [3.8, 4) is 0 Å². The van der Waals surface area contributed by atoms with Gasteiger partial charge in [-0.1, -0.05) is 119 Å². The summed E-state index contributed by atoms with van der Waals surface area (Å²) < 4.78 is 0. The molecule has 3 rings (SSSR count). The average molecular weight is 423 g/mol. The maximum Gasteiger partial charge on any atom is 0.163 e. The lowest BCUT2D eigenvalue weighted by molar-refractivity contribution is 1.71. The smallest absolute Gasteiger partial charge is 0.106 e. The largest absolute Gasteiger partial charge is 0.163 e. The molecule has 0 nitrogen and oxygen atoms in total. The Labute approximate surface area is 184 Å². The van der Waals surface area contributed by atoms with Crippen LogP contribution in [0.1, 0.15) is 0 Å². The van der Waals surface area contributed by atoms with E-state index in [1.54, 1.807) is 0 Å². The highest BCUT2D eigenvalue weighted by Gasteiger charge is 2.30. The molecule has 0 aliphatic carbocycles. The van der Waals surface area contributed by atoms with Crippen LogP contribution in [0.15, 0.2) is 152 Å². The predicted molar refractivity (Wildman–Crippen MR) is 141 cm³/mol. The van der Waals surface area contributed by atoms with Gasteiger partial charge in [0.2, 0.25) is 0 Å². The van der Waals surface area contributed by atoms with Crippen molar-refractivity contribution >= 4 is 31.7 Å². The molecule has 0 aliphatic rings. The van der Waals surface area contributed by atoms with Gasteiger partial charge in [0, 0.05) is 0 Å². The highest BCUT2D eigenvalue weighted by Crippen LogP contribution is 2.08. The zero-order valence-corrected chi connectivity index (χ0v) is 19.6. The lowest BCUT2D eigenvalue weighted by Gasteiger charge is -2.25. The fourth-order valence-corrected chi connectivity index (χ4v) is 8.39. The third-order valence-electron chi connectivity index (χ3n) is 5.43. The molecule has 0 heterocycles. The van der Waals surface area contributed by atoms with E-state index in [1.165, 1.54) is 15.6 Å². The van der Waals surface area contributed by atoms with Gasteiger partial charge in [0.05, 0.1) is 0 Å². The van der Waals surface area contributed by atoms with Crippen LogP contribution in [0.25, 0.3) is 0 Å². The normalized spacial score (nSPS) is 10.7. The van der Waals surface area contributed by atoms with Crippen LogP contribution >= 0.6 is 0 Å². The summed E-state index contributed by atoms with van der Waals surface area (Å²) in [5.74, 6) is 0. The minimum absolute atomic E-state index is 1.29. The van der Waals surface area contributed by atoms with Gasteiger partial charge in [-0.05, 0) is 15.6 Å². The van der Waals surface area contributed by atoms with Crippen LogP contribution in [-0.2, 0) is 0 Å². The van der Waals surface area contributed by atoms with Crippen LogP contribution < -0.4 is 15.6 Å². The van der Waals surface area contributed by atoms with E-state index in [0.717, 1.165) is 0 Å². The van der Waals surface area contributed by atoms with E-state index in [9.17, 15) is 0 Å². The summed E-state index contributed by atoms with van der Waals surface area (Å²) in [6, 6.07) is 31.4. The van der Waals surface area contributed by atoms with Crippen molar-refractivity contribution in [2.45, 2.75) is 0 Å². The number of hydrogen-bond donors (Lipinski definition) is 0. The Balaban J connectivity index is 0.000000222. The van der Waals surface area contributed by atoms with Crippen molar-refractivity contribution in [3.63, 3.8) is 0 Å². The Kier molecular flexibility index (Phi) is 8.54. The molecule has 30 heavy (non-hydrogen) atoms. The molecular weight excluding hydrogens is 392 g/mol. The zero-order chi connectivity index (χ0) is 21.9. The highest BCUT2D eigenvalue weighted by atomic mass is 28.3. The molecule has 0 bridgehead atoms. The highest BCUT2D eigenvalue weighted by molar-refractivity contribution is 7.09. The summed E-state index contributed by atoms with van der Waals surface area (Å²) in [4.78, 5) is 0. The van der Waals surface area contributed by atoms with Gasteiger partial charge in [0.15, 0.2) is 16.1 Å². The van der Waals surface area contributed by atoms with E-state index in [0.29, 0.717) is 0 Å². The van der Waals surface area contributed by atoms with Crippen molar-refractivity contribution in [2.75, 3.05) is 0 Å². The minimum atomic E-state index is -1.97. The molecule has 0 saturated heterocycles. The molecule has 3 aromatic carbocycles. The van der Waals surface area contributed by atoms with Gasteiger partial charge < -0.3 is 0 Å². The number of rotatable bonds is 8. The molecule has 0 amide bonds. The Morgan fingerprint density at radius 2 is 0.700 bits per heavy atom. The van der Waals surface area contributed by atoms with Gasteiger partial charge in [0.25, 0.3) is 0 Å². The van der Waals surface area contributed by atoms with Crippen molar-refractivity contribution in [1.82, 2.24) is 0 Å². The summed E-state index contributed by atoms with van der Waals surface area (Å²) in [5, 5.41) is 3.95. The Morgan fingerprint density at radius 3 is 0.967 bits per heavy atom. The standard InChI is InChI=1S/C16H16Si.C12H14Si/c1-3-17(4-2,15-11-7-5-8-12-15)16-13-9-6-10-14-16;1-4-13(5-2,6-3)12-10-8-7-9-11-12/h3-14H,1-2H2;4-11H,1-3H2. The molecule has 0 aromatic heterocycles. The molecule has 0 N–H and O–H groups in total. The van der Waals surface area contributed by atoms with Gasteiger partial charge in [-0.3, -0.25) is 0 Å². The molecule has 0 spiro atoms. The molecule has 0 fully saturated rings. The topological polar surface area (TPSA) is 0 Å². The summed E-state index contributed by atoms with van der Waals surface area (Å²) in [7, 11) is -3.77.